The second-order valence-corrected chi connectivity index (χ2v) is 16.5. The zero-order valence-electron chi connectivity index (χ0n) is 29.7. The van der Waals surface area contributed by atoms with Crippen LogP contribution in [0.4, 0.5) is 4.79 Å². The summed E-state index contributed by atoms with van der Waals surface area (Å²) in [4.78, 5) is 21.8. The first-order valence-corrected chi connectivity index (χ1v) is 17.9. The normalized spacial score (nSPS) is 36.4. The molecule has 2 aliphatic carbocycles. The molecule has 4 unspecified atom stereocenters. The van der Waals surface area contributed by atoms with E-state index in [-0.39, 0.29) is 13.5 Å². The highest BCUT2D eigenvalue weighted by Crippen LogP contribution is 2.49. The Bertz CT molecular complexity index is 844. The third-order valence-electron chi connectivity index (χ3n) is 11.8. The Hall–Kier alpha value is -0.850. The van der Waals surface area contributed by atoms with Crippen LogP contribution in [0.5, 0.6) is 0 Å². The maximum atomic E-state index is 11.7. The number of ether oxygens (including phenoxy) is 1. The fourth-order valence-electron chi connectivity index (χ4n) is 10.7. The predicted molar refractivity (Wildman–Crippen MR) is 182 cm³/mol. The maximum Gasteiger partial charge on any atom is 0.409 e. The summed E-state index contributed by atoms with van der Waals surface area (Å²) in [7, 11) is 1.47. The summed E-state index contributed by atoms with van der Waals surface area (Å²) < 4.78 is 4.88. The van der Waals surface area contributed by atoms with Gasteiger partial charge in [-0.15, -0.1) is 0 Å². The van der Waals surface area contributed by atoms with Crippen LogP contribution in [0.2, 0.25) is 0 Å². The van der Waals surface area contributed by atoms with Crippen LogP contribution in [0, 0.1) is 29.6 Å². The molecule has 0 aromatic heterocycles. The predicted octanol–water partition coefficient (Wildman–Crippen LogP) is 8.00. The van der Waals surface area contributed by atoms with Gasteiger partial charge in [-0.2, -0.15) is 0 Å². The monoisotopic (exact) mass is 605 g/mol. The van der Waals surface area contributed by atoms with Gasteiger partial charge in [0, 0.05) is 60.9 Å². The van der Waals surface area contributed by atoms with Crippen molar-refractivity contribution in [3.63, 3.8) is 0 Å². The molecule has 252 valence electrons. The molecule has 0 aromatic carbocycles. The molecule has 0 radical (unpaired) electrons. The van der Waals surface area contributed by atoms with Crippen LogP contribution in [0.15, 0.2) is 0 Å². The number of carbonyl (C=O) groups excluding carboxylic acids is 1. The molecule has 5 saturated heterocycles. The Morgan fingerprint density at radius 3 is 1.44 bits per heavy atom. The number of piperidine rings is 1. The second kappa shape index (κ2) is 14.7. The van der Waals surface area contributed by atoms with Gasteiger partial charge in [-0.3, -0.25) is 14.7 Å². The quantitative estimate of drug-likeness (QED) is 0.307. The molecule has 2 saturated carbocycles. The first-order valence-electron chi connectivity index (χ1n) is 17.9. The first-order chi connectivity index (χ1) is 19.7. The molecule has 7 rings (SSSR count). The molecule has 0 N–H and O–H groups in total. The summed E-state index contributed by atoms with van der Waals surface area (Å²) in [6.45, 7) is 28.8. The average molecular weight is 605 g/mol. The van der Waals surface area contributed by atoms with E-state index in [1.54, 1.807) is 0 Å². The van der Waals surface area contributed by atoms with Gasteiger partial charge in [-0.1, -0.05) is 49.0 Å². The van der Waals surface area contributed by atoms with Crippen molar-refractivity contribution in [2.75, 3.05) is 13.7 Å². The maximum absolute atomic E-state index is 11.7. The van der Waals surface area contributed by atoms with E-state index in [0.717, 1.165) is 72.9 Å². The number of likely N-dealkylation sites (tertiary alicyclic amines) is 3. The molecular formula is C37H72N4O2. The van der Waals surface area contributed by atoms with Gasteiger partial charge in [0.1, 0.15) is 0 Å². The molecule has 0 aromatic rings. The highest BCUT2D eigenvalue weighted by Gasteiger charge is 2.54. The Morgan fingerprint density at radius 2 is 1.02 bits per heavy atom. The average Bonchev–Trinajstić information content (AvgIpc) is 3.72. The van der Waals surface area contributed by atoms with Crippen LogP contribution in [-0.2, 0) is 4.74 Å². The zero-order chi connectivity index (χ0) is 31.2. The van der Waals surface area contributed by atoms with Crippen molar-refractivity contribution < 1.29 is 9.53 Å². The highest BCUT2D eigenvalue weighted by atomic mass is 16.5. The molecule has 5 aliphatic heterocycles. The molecule has 5 heterocycles. The number of rotatable bonds is 6. The number of hydrogen-bond donors (Lipinski definition) is 0. The van der Waals surface area contributed by atoms with Gasteiger partial charge in [-0.25, -0.2) is 4.79 Å². The molecule has 7 fully saturated rings. The van der Waals surface area contributed by atoms with Crippen molar-refractivity contribution in [3.05, 3.63) is 0 Å². The molecule has 6 nitrogen and oxygen atoms in total. The van der Waals surface area contributed by atoms with Gasteiger partial charge >= 0.3 is 6.09 Å². The topological polar surface area (TPSA) is 39.3 Å². The zero-order valence-corrected chi connectivity index (χ0v) is 29.7. The largest absolute Gasteiger partial charge is 0.453 e. The van der Waals surface area contributed by atoms with Gasteiger partial charge in [0.2, 0.25) is 0 Å². The molecule has 0 spiro atoms. The lowest BCUT2D eigenvalue weighted by atomic mass is 9.80. The van der Waals surface area contributed by atoms with Gasteiger partial charge < -0.3 is 9.64 Å². The lowest BCUT2D eigenvalue weighted by molar-refractivity contribution is 0.0231. The fourth-order valence-corrected chi connectivity index (χ4v) is 10.7. The minimum atomic E-state index is -0.161. The van der Waals surface area contributed by atoms with Crippen LogP contribution in [0.3, 0.4) is 0 Å². The van der Waals surface area contributed by atoms with Crippen molar-refractivity contribution in [3.8, 4) is 0 Å². The van der Waals surface area contributed by atoms with Crippen LogP contribution in [-0.4, -0.2) is 99.8 Å². The van der Waals surface area contributed by atoms with E-state index >= 15 is 0 Å². The summed E-state index contributed by atoms with van der Waals surface area (Å²) in [5.74, 6) is 4.33. The number of fused-ring (bicyclic) bond motifs is 5. The van der Waals surface area contributed by atoms with E-state index in [1.807, 2.05) is 4.90 Å². The smallest absolute Gasteiger partial charge is 0.409 e. The summed E-state index contributed by atoms with van der Waals surface area (Å²) in [6.07, 6.45) is 8.37. The number of hydrogen-bond acceptors (Lipinski definition) is 5. The summed E-state index contributed by atoms with van der Waals surface area (Å²) in [5.41, 5.74) is 0. The fraction of sp³-hybridized carbons (Fsp3) is 0.973. The van der Waals surface area contributed by atoms with E-state index in [4.69, 9.17) is 4.74 Å². The van der Waals surface area contributed by atoms with Crippen LogP contribution in [0.25, 0.3) is 0 Å². The minimum absolute atomic E-state index is 0. The van der Waals surface area contributed by atoms with Crippen molar-refractivity contribution in [1.29, 1.82) is 0 Å². The van der Waals surface area contributed by atoms with Gasteiger partial charge in [0.25, 0.3) is 0 Å². The molecule has 7 atom stereocenters. The Balaban J connectivity index is 0.000000178. The van der Waals surface area contributed by atoms with Crippen molar-refractivity contribution in [2.45, 2.75) is 189 Å². The molecule has 6 heteroatoms. The van der Waals surface area contributed by atoms with Crippen LogP contribution in [0.1, 0.15) is 129 Å². The second-order valence-electron chi connectivity index (χ2n) is 16.5. The molecule has 1 amide bonds. The summed E-state index contributed by atoms with van der Waals surface area (Å²) >= 11 is 0. The summed E-state index contributed by atoms with van der Waals surface area (Å²) in [6, 6.07) is 7.07. The standard InChI is InChI=1S/C13H24N2O2.C12H23N.C11H21N.CH4/c1-8(2)12-11-6-10(15(12)9(3)4)7-14(11)13(16)17-5;1-8(2)12-10-5-6-11(7-10)13(12)9(3)4;1-7(2)11-9-5-10(6-9)12(11)8(3)4;/h8-12H,6-7H2,1-5H3;8-12H,5-7H2,1-4H3;7-11H,5-6H2,1-4H3;1H4/t2*10?,11?,12-;9?,10?,11-;/m111./s1. The van der Waals surface area contributed by atoms with E-state index in [9.17, 15) is 4.79 Å². The minimum Gasteiger partial charge on any atom is -0.453 e. The lowest BCUT2D eigenvalue weighted by Crippen LogP contribution is -2.58. The van der Waals surface area contributed by atoms with E-state index in [1.165, 1.54) is 39.2 Å². The van der Waals surface area contributed by atoms with Gasteiger partial charge in [0.05, 0.1) is 13.2 Å². The van der Waals surface area contributed by atoms with Gasteiger partial charge in [0.15, 0.2) is 0 Å². The van der Waals surface area contributed by atoms with Crippen molar-refractivity contribution >= 4 is 6.09 Å². The Morgan fingerprint density at radius 1 is 0.581 bits per heavy atom. The summed E-state index contributed by atoms with van der Waals surface area (Å²) in [5, 5.41) is 0. The lowest BCUT2D eigenvalue weighted by Gasteiger charge is -2.44. The SMILES string of the molecule is C.CC(C)[C@@H]1C2CC(C2)N1C(C)C.CC(C)[C@@H]1C2CCC(C2)N1C(C)C.COC(=O)N1CC2CC1[C@@H](C(C)C)N2C(C)C. The third kappa shape index (κ3) is 7.12. The molecule has 6 bridgehead atoms. The Kier molecular flexibility index (Phi) is 12.5. The van der Waals surface area contributed by atoms with E-state index < -0.39 is 0 Å². The van der Waals surface area contributed by atoms with Crippen molar-refractivity contribution in [1.82, 2.24) is 19.6 Å². The van der Waals surface area contributed by atoms with Crippen LogP contribution >= 0.6 is 0 Å². The molecule has 7 aliphatic rings. The molecular weight excluding hydrogens is 532 g/mol. The number of nitrogens with zero attached hydrogens (tertiary/aromatic N) is 4. The number of amides is 1. The van der Waals surface area contributed by atoms with E-state index in [0.29, 0.717) is 30.1 Å². The van der Waals surface area contributed by atoms with Gasteiger partial charge in [-0.05, 0) is 110 Å². The third-order valence-corrected chi connectivity index (χ3v) is 11.8. The highest BCUT2D eigenvalue weighted by molar-refractivity contribution is 5.69. The molecule has 43 heavy (non-hydrogen) atoms. The first kappa shape index (κ1) is 36.6. The number of carbonyl (C=O) groups is 1. The number of piperazine rings is 1. The van der Waals surface area contributed by atoms with Crippen molar-refractivity contribution in [2.24, 2.45) is 29.6 Å². The van der Waals surface area contributed by atoms with Crippen LogP contribution < -0.4 is 0 Å². The van der Waals surface area contributed by atoms with E-state index in [2.05, 4.69) is 97.8 Å². The number of methoxy groups -OCH3 is 1. The Labute approximate surface area is 267 Å².